The molecular weight excluding hydrogens is 464 g/mol. The topological polar surface area (TPSA) is 73.9 Å². The van der Waals surface area contributed by atoms with Crippen LogP contribution in [-0.2, 0) is 9.53 Å². The van der Waals surface area contributed by atoms with E-state index in [4.69, 9.17) is 4.74 Å². The van der Waals surface area contributed by atoms with Crippen LogP contribution in [-0.4, -0.2) is 61.6 Å². The smallest absolute Gasteiger partial charge is 0.338 e. The van der Waals surface area contributed by atoms with Gasteiger partial charge in [0.05, 0.1) is 24.8 Å². The van der Waals surface area contributed by atoms with Gasteiger partial charge in [0.1, 0.15) is 0 Å². The Morgan fingerprint density at radius 3 is 1.95 bits per heavy atom. The maximum Gasteiger partial charge on any atom is 0.338 e. The Balaban J connectivity index is 1.35. The number of carbonyl (C=O) groups excluding carboxylic acids is 2. The van der Waals surface area contributed by atoms with Crippen molar-refractivity contribution in [3.8, 4) is 0 Å². The van der Waals surface area contributed by atoms with Crippen molar-refractivity contribution >= 4 is 12.0 Å². The number of methoxy groups -OCH3 is 1. The van der Waals surface area contributed by atoms with Crippen LogP contribution in [0.2, 0.25) is 0 Å². The Hall–Kier alpha value is -3.94. The molecule has 2 heterocycles. The van der Waals surface area contributed by atoms with Gasteiger partial charge < -0.3 is 15.4 Å². The second-order valence-corrected chi connectivity index (χ2v) is 9.36. The Bertz CT molecular complexity index is 1200. The van der Waals surface area contributed by atoms with E-state index in [1.807, 2.05) is 42.5 Å². The summed E-state index contributed by atoms with van der Waals surface area (Å²) >= 11 is 0. The van der Waals surface area contributed by atoms with Crippen LogP contribution in [0.25, 0.3) is 0 Å². The second kappa shape index (κ2) is 11.4. The lowest BCUT2D eigenvalue weighted by atomic mass is 9.94. The molecule has 3 aromatic carbocycles. The van der Waals surface area contributed by atoms with Gasteiger partial charge in [-0.1, -0.05) is 91.0 Å². The lowest BCUT2D eigenvalue weighted by Gasteiger charge is -2.40. The number of benzene rings is 3. The summed E-state index contributed by atoms with van der Waals surface area (Å²) < 4.78 is 5.13. The SMILES string of the molecule is COC(=O)C1=C(CN2CCN(C(c3ccccc3)c3ccccc3)CC2)NC(=O)NC1c1ccccc1. The highest BCUT2D eigenvalue weighted by Gasteiger charge is 2.35. The van der Waals surface area contributed by atoms with E-state index in [1.165, 1.54) is 18.2 Å². The highest BCUT2D eigenvalue weighted by Crippen LogP contribution is 2.31. The van der Waals surface area contributed by atoms with Crippen LogP contribution >= 0.6 is 0 Å². The van der Waals surface area contributed by atoms with E-state index in [-0.39, 0.29) is 12.1 Å². The largest absolute Gasteiger partial charge is 0.466 e. The molecule has 0 aliphatic carbocycles. The summed E-state index contributed by atoms with van der Waals surface area (Å²) in [7, 11) is 1.37. The molecule has 0 bridgehead atoms. The van der Waals surface area contributed by atoms with Crippen molar-refractivity contribution in [1.29, 1.82) is 0 Å². The lowest BCUT2D eigenvalue weighted by molar-refractivity contribution is -0.136. The standard InChI is InChI=1S/C30H32N4O3/c1-37-29(35)26-25(31-30(36)32-27(26)22-11-5-2-6-12-22)21-33-17-19-34(20-18-33)28(23-13-7-3-8-14-23)24-15-9-4-10-16-24/h2-16,27-28H,17-21H2,1H3,(H2,31,32,36). The number of nitrogens with zero attached hydrogens (tertiary/aromatic N) is 2. The molecule has 2 N–H and O–H groups in total. The highest BCUT2D eigenvalue weighted by molar-refractivity contribution is 5.95. The predicted molar refractivity (Wildman–Crippen MR) is 143 cm³/mol. The molecule has 37 heavy (non-hydrogen) atoms. The Labute approximate surface area is 217 Å². The zero-order valence-electron chi connectivity index (χ0n) is 21.0. The first-order valence-corrected chi connectivity index (χ1v) is 12.6. The number of carbonyl (C=O) groups is 2. The first kappa shape index (κ1) is 24.7. The summed E-state index contributed by atoms with van der Waals surface area (Å²) in [5.41, 5.74) is 4.43. The molecule has 0 aromatic heterocycles. The molecule has 0 saturated carbocycles. The fourth-order valence-corrected chi connectivity index (χ4v) is 5.28. The Morgan fingerprint density at radius 1 is 0.865 bits per heavy atom. The summed E-state index contributed by atoms with van der Waals surface area (Å²) in [5.74, 6) is -0.441. The number of piperazine rings is 1. The van der Waals surface area contributed by atoms with Gasteiger partial charge in [-0.2, -0.15) is 0 Å². The second-order valence-electron chi connectivity index (χ2n) is 9.36. The molecule has 0 spiro atoms. The lowest BCUT2D eigenvalue weighted by Crippen LogP contribution is -2.52. The number of nitrogens with one attached hydrogen (secondary N) is 2. The first-order valence-electron chi connectivity index (χ1n) is 12.6. The molecule has 2 amide bonds. The quantitative estimate of drug-likeness (QED) is 0.486. The number of esters is 1. The van der Waals surface area contributed by atoms with Crippen LogP contribution in [0.4, 0.5) is 4.79 Å². The average Bonchev–Trinajstić information content (AvgIpc) is 2.95. The highest BCUT2D eigenvalue weighted by atomic mass is 16.5. The van der Waals surface area contributed by atoms with E-state index in [0.29, 0.717) is 17.8 Å². The van der Waals surface area contributed by atoms with Crippen LogP contribution in [0.3, 0.4) is 0 Å². The molecule has 0 radical (unpaired) electrons. The molecule has 190 valence electrons. The van der Waals surface area contributed by atoms with Crippen molar-refractivity contribution in [1.82, 2.24) is 20.4 Å². The van der Waals surface area contributed by atoms with Gasteiger partial charge in [-0.3, -0.25) is 9.80 Å². The molecule has 3 aromatic rings. The van der Waals surface area contributed by atoms with Crippen LogP contribution < -0.4 is 10.6 Å². The summed E-state index contributed by atoms with van der Waals surface area (Å²) in [5, 5.41) is 5.78. The molecule has 5 rings (SSSR count). The number of rotatable bonds is 7. The van der Waals surface area contributed by atoms with E-state index in [9.17, 15) is 9.59 Å². The van der Waals surface area contributed by atoms with Crippen LogP contribution in [0.15, 0.2) is 102 Å². The van der Waals surface area contributed by atoms with Crippen molar-refractivity contribution in [3.63, 3.8) is 0 Å². The number of ether oxygens (including phenoxy) is 1. The maximum atomic E-state index is 12.9. The molecule has 7 heteroatoms. The van der Waals surface area contributed by atoms with Crippen LogP contribution in [0.1, 0.15) is 28.8 Å². The van der Waals surface area contributed by atoms with Gasteiger partial charge in [-0.15, -0.1) is 0 Å². The van der Waals surface area contributed by atoms with E-state index < -0.39 is 12.0 Å². The maximum absolute atomic E-state index is 12.9. The molecular formula is C30H32N4O3. The molecule has 1 saturated heterocycles. The zero-order chi connectivity index (χ0) is 25.6. The minimum atomic E-state index is -0.556. The van der Waals surface area contributed by atoms with Crippen molar-refractivity contribution in [2.75, 3.05) is 39.8 Å². The normalized spacial score (nSPS) is 18.9. The summed E-state index contributed by atoms with van der Waals surface area (Å²) in [4.78, 5) is 30.2. The molecule has 1 unspecified atom stereocenters. The number of hydrogen-bond donors (Lipinski definition) is 2. The number of amides is 2. The van der Waals surface area contributed by atoms with E-state index in [0.717, 1.165) is 31.7 Å². The zero-order valence-corrected chi connectivity index (χ0v) is 21.0. The molecule has 2 aliphatic heterocycles. The monoisotopic (exact) mass is 496 g/mol. The van der Waals surface area contributed by atoms with E-state index >= 15 is 0 Å². The van der Waals surface area contributed by atoms with Gasteiger partial charge in [0.2, 0.25) is 0 Å². The van der Waals surface area contributed by atoms with E-state index in [2.05, 4.69) is 69.0 Å². The van der Waals surface area contributed by atoms with E-state index in [1.54, 1.807) is 0 Å². The summed E-state index contributed by atoms with van der Waals surface area (Å²) in [6.07, 6.45) is 0. The van der Waals surface area contributed by atoms with Crippen molar-refractivity contribution in [2.24, 2.45) is 0 Å². The summed E-state index contributed by atoms with van der Waals surface area (Å²) in [6, 6.07) is 30.0. The van der Waals surface area contributed by atoms with Crippen molar-refractivity contribution in [3.05, 3.63) is 119 Å². The van der Waals surface area contributed by atoms with Crippen molar-refractivity contribution < 1.29 is 14.3 Å². The fraction of sp³-hybridized carbons (Fsp3) is 0.267. The third-order valence-corrected chi connectivity index (χ3v) is 7.08. The predicted octanol–water partition coefficient (Wildman–Crippen LogP) is 3.87. The molecule has 1 atom stereocenters. The molecule has 1 fully saturated rings. The van der Waals surface area contributed by atoms with Gasteiger partial charge in [0.15, 0.2) is 0 Å². The molecule has 2 aliphatic rings. The van der Waals surface area contributed by atoms with Gasteiger partial charge in [0, 0.05) is 38.4 Å². The molecule has 7 nitrogen and oxygen atoms in total. The van der Waals surface area contributed by atoms with Crippen LogP contribution in [0.5, 0.6) is 0 Å². The Morgan fingerprint density at radius 2 is 1.41 bits per heavy atom. The summed E-state index contributed by atoms with van der Waals surface area (Å²) in [6.45, 7) is 3.82. The fourth-order valence-electron chi connectivity index (χ4n) is 5.28. The van der Waals surface area contributed by atoms with Crippen molar-refractivity contribution in [2.45, 2.75) is 12.1 Å². The van der Waals surface area contributed by atoms with Gasteiger partial charge in [-0.25, -0.2) is 9.59 Å². The van der Waals surface area contributed by atoms with Gasteiger partial charge >= 0.3 is 12.0 Å². The number of urea groups is 1. The van der Waals surface area contributed by atoms with Gasteiger partial charge in [-0.05, 0) is 16.7 Å². The Kier molecular flexibility index (Phi) is 7.63. The minimum Gasteiger partial charge on any atom is -0.466 e. The average molecular weight is 497 g/mol. The van der Waals surface area contributed by atoms with Gasteiger partial charge in [0.25, 0.3) is 0 Å². The minimum absolute atomic E-state index is 0.176. The number of hydrogen-bond acceptors (Lipinski definition) is 5. The van der Waals surface area contributed by atoms with Crippen LogP contribution in [0, 0.1) is 0 Å². The third-order valence-electron chi connectivity index (χ3n) is 7.08. The first-order chi connectivity index (χ1) is 18.1. The third kappa shape index (κ3) is 5.58.